The summed E-state index contributed by atoms with van der Waals surface area (Å²) in [5.41, 5.74) is 2.71. The Hall–Kier alpha value is -2.08. The number of pyridine rings is 1. The molecule has 0 radical (unpaired) electrons. The van der Waals surface area contributed by atoms with Crippen molar-refractivity contribution in [2.24, 2.45) is 5.92 Å². The van der Waals surface area contributed by atoms with E-state index in [-0.39, 0.29) is 0 Å². The fraction of sp³-hybridized carbons (Fsp3) is 0.476. The number of nitrogens with zero attached hydrogens (tertiary/aromatic N) is 6. The van der Waals surface area contributed by atoms with E-state index in [9.17, 15) is 8.42 Å². The summed E-state index contributed by atoms with van der Waals surface area (Å²) in [5.74, 6) is 1.88. The molecule has 1 saturated heterocycles. The van der Waals surface area contributed by atoms with E-state index in [1.165, 1.54) is 23.4 Å². The van der Waals surface area contributed by atoms with E-state index in [2.05, 4.69) is 36.1 Å². The van der Waals surface area contributed by atoms with Crippen LogP contribution in [0.25, 0.3) is 11.0 Å². The third-order valence-electron chi connectivity index (χ3n) is 5.97. The molecule has 11 heteroatoms. The van der Waals surface area contributed by atoms with Gasteiger partial charge in [-0.2, -0.15) is 4.31 Å². The molecule has 5 rings (SSSR count). The van der Waals surface area contributed by atoms with Gasteiger partial charge in [0.25, 0.3) is 0 Å². The summed E-state index contributed by atoms with van der Waals surface area (Å²) >= 11 is 3.64. The van der Waals surface area contributed by atoms with Gasteiger partial charge in [0.1, 0.15) is 11.3 Å². The van der Waals surface area contributed by atoms with E-state index < -0.39 is 10.0 Å². The molecule has 2 fully saturated rings. The molecule has 0 amide bonds. The largest absolute Gasteiger partial charge is 0.437 e. The summed E-state index contributed by atoms with van der Waals surface area (Å²) in [6.07, 6.45) is 5.48. The first kappa shape index (κ1) is 21.7. The Labute approximate surface area is 195 Å². The van der Waals surface area contributed by atoms with Crippen molar-refractivity contribution < 1.29 is 13.2 Å². The number of benzene rings is 1. The Balaban J connectivity index is 1.32. The van der Waals surface area contributed by atoms with Gasteiger partial charge in [0.15, 0.2) is 0 Å². The van der Waals surface area contributed by atoms with Crippen molar-refractivity contribution in [1.29, 1.82) is 0 Å². The number of piperazine rings is 1. The highest BCUT2D eigenvalue weighted by molar-refractivity contribution is 9.10. The molecule has 2 aromatic heterocycles. The average Bonchev–Trinajstić information content (AvgIpc) is 3.49. The molecule has 0 spiro atoms. The summed E-state index contributed by atoms with van der Waals surface area (Å²) in [4.78, 5) is 6.67. The third kappa shape index (κ3) is 4.66. The Morgan fingerprint density at radius 1 is 1.16 bits per heavy atom. The van der Waals surface area contributed by atoms with Gasteiger partial charge in [-0.1, -0.05) is 11.3 Å². The molecule has 0 atom stereocenters. The average molecular weight is 521 g/mol. The van der Waals surface area contributed by atoms with Gasteiger partial charge in [-0.15, -0.1) is 5.10 Å². The molecular formula is C21H25BrN6O3S. The summed E-state index contributed by atoms with van der Waals surface area (Å²) in [6.45, 7) is 3.86. The van der Waals surface area contributed by atoms with Crippen molar-refractivity contribution in [2.45, 2.75) is 25.9 Å². The fourth-order valence-electron chi connectivity index (χ4n) is 3.95. The van der Waals surface area contributed by atoms with Crippen molar-refractivity contribution in [3.8, 4) is 11.6 Å². The second kappa shape index (κ2) is 8.69. The molecule has 1 aliphatic heterocycles. The molecule has 9 nitrogen and oxygen atoms in total. The minimum absolute atomic E-state index is 0.494. The second-order valence-electron chi connectivity index (χ2n) is 8.47. The van der Waals surface area contributed by atoms with Crippen LogP contribution in [0.4, 0.5) is 0 Å². The first-order chi connectivity index (χ1) is 15.4. The molecule has 1 aliphatic carbocycles. The lowest BCUT2D eigenvalue weighted by Crippen LogP contribution is -2.47. The number of hydrogen-bond donors (Lipinski definition) is 0. The van der Waals surface area contributed by atoms with Crippen molar-refractivity contribution in [2.75, 3.05) is 32.4 Å². The van der Waals surface area contributed by atoms with E-state index in [0.29, 0.717) is 50.3 Å². The van der Waals surface area contributed by atoms with Gasteiger partial charge in [0.05, 0.1) is 16.2 Å². The number of hydrogen-bond acceptors (Lipinski definition) is 7. The first-order valence-corrected chi connectivity index (χ1v) is 13.3. The summed E-state index contributed by atoms with van der Waals surface area (Å²) in [5, 5.41) is 8.66. The number of fused-ring (bicyclic) bond motifs is 1. The number of aromatic nitrogens is 4. The van der Waals surface area contributed by atoms with Crippen LogP contribution in [0.1, 0.15) is 18.4 Å². The van der Waals surface area contributed by atoms with Crippen LogP contribution in [0.3, 0.4) is 0 Å². The molecule has 3 aromatic rings. The van der Waals surface area contributed by atoms with Crippen LogP contribution >= 0.6 is 15.9 Å². The molecule has 0 bridgehead atoms. The highest BCUT2D eigenvalue weighted by atomic mass is 79.9. The van der Waals surface area contributed by atoms with Gasteiger partial charge >= 0.3 is 0 Å². The first-order valence-electron chi connectivity index (χ1n) is 10.7. The Morgan fingerprint density at radius 3 is 2.66 bits per heavy atom. The normalized spacial score (nSPS) is 18.3. The number of ether oxygens (including phenoxy) is 1. The quantitative estimate of drug-likeness (QED) is 0.472. The van der Waals surface area contributed by atoms with E-state index in [0.717, 1.165) is 27.6 Å². The maximum atomic E-state index is 11.8. The zero-order valence-corrected chi connectivity index (χ0v) is 20.2. The Kier molecular flexibility index (Phi) is 5.91. The van der Waals surface area contributed by atoms with Gasteiger partial charge in [0, 0.05) is 51.0 Å². The van der Waals surface area contributed by atoms with Crippen LogP contribution in [0.2, 0.25) is 0 Å². The predicted molar refractivity (Wildman–Crippen MR) is 124 cm³/mol. The number of rotatable bonds is 7. The summed E-state index contributed by atoms with van der Waals surface area (Å²) < 4.78 is 33.9. The van der Waals surface area contributed by atoms with Gasteiger partial charge < -0.3 is 4.74 Å². The van der Waals surface area contributed by atoms with Crippen molar-refractivity contribution in [1.82, 2.24) is 29.2 Å². The highest BCUT2D eigenvalue weighted by Gasteiger charge is 2.25. The highest BCUT2D eigenvalue weighted by Crippen LogP contribution is 2.37. The standard InChI is InChI=1S/C21H25BrN6O3S/c1-32(29,30)27-11-9-26(10-12-27)14-16-3-2-8-23-21(16)31-18-7-6-17-20(19(18)22)24-25-28(17)13-15-4-5-15/h2-3,6-8,15H,4-5,9-14H2,1H3. The van der Waals surface area contributed by atoms with Crippen LogP contribution in [-0.4, -0.2) is 70.0 Å². The Bertz CT molecular complexity index is 1240. The van der Waals surface area contributed by atoms with Crippen molar-refractivity contribution in [3.63, 3.8) is 0 Å². The van der Waals surface area contributed by atoms with E-state index >= 15 is 0 Å². The maximum Gasteiger partial charge on any atom is 0.223 e. The van der Waals surface area contributed by atoms with E-state index in [4.69, 9.17) is 4.74 Å². The lowest BCUT2D eigenvalue weighted by molar-refractivity contribution is 0.180. The van der Waals surface area contributed by atoms with Crippen LogP contribution in [0, 0.1) is 5.92 Å². The maximum absolute atomic E-state index is 11.8. The molecule has 1 aromatic carbocycles. The van der Waals surface area contributed by atoms with E-state index in [1.54, 1.807) is 6.20 Å². The SMILES string of the molecule is CS(=O)(=O)N1CCN(Cc2cccnc2Oc2ccc3c(nnn3CC3CC3)c2Br)CC1. The minimum atomic E-state index is -3.14. The minimum Gasteiger partial charge on any atom is -0.437 e. The van der Waals surface area contributed by atoms with Gasteiger partial charge in [0.2, 0.25) is 15.9 Å². The number of halogens is 1. The Morgan fingerprint density at radius 2 is 1.94 bits per heavy atom. The van der Waals surface area contributed by atoms with Crippen LogP contribution in [0.5, 0.6) is 11.6 Å². The van der Waals surface area contributed by atoms with Crippen LogP contribution in [-0.2, 0) is 23.1 Å². The fourth-order valence-corrected chi connectivity index (χ4v) is 5.27. The van der Waals surface area contributed by atoms with Crippen LogP contribution < -0.4 is 4.74 Å². The molecule has 170 valence electrons. The number of sulfonamides is 1. The van der Waals surface area contributed by atoms with Crippen molar-refractivity contribution >= 4 is 37.0 Å². The third-order valence-corrected chi connectivity index (χ3v) is 8.04. The van der Waals surface area contributed by atoms with Crippen LogP contribution in [0.15, 0.2) is 34.9 Å². The molecule has 3 heterocycles. The van der Waals surface area contributed by atoms with Gasteiger partial charge in [-0.05, 0) is 52.9 Å². The lowest BCUT2D eigenvalue weighted by atomic mass is 10.2. The molecule has 0 unspecified atom stereocenters. The zero-order valence-electron chi connectivity index (χ0n) is 17.8. The monoisotopic (exact) mass is 520 g/mol. The molecule has 32 heavy (non-hydrogen) atoms. The zero-order chi connectivity index (χ0) is 22.3. The topological polar surface area (TPSA) is 93.5 Å². The molecule has 0 N–H and O–H groups in total. The van der Waals surface area contributed by atoms with Gasteiger partial charge in [-0.25, -0.2) is 18.1 Å². The van der Waals surface area contributed by atoms with Gasteiger partial charge in [-0.3, -0.25) is 4.90 Å². The molecule has 1 saturated carbocycles. The summed E-state index contributed by atoms with van der Waals surface area (Å²) in [7, 11) is -3.14. The smallest absolute Gasteiger partial charge is 0.223 e. The van der Waals surface area contributed by atoms with Crippen molar-refractivity contribution in [3.05, 3.63) is 40.5 Å². The summed E-state index contributed by atoms with van der Waals surface area (Å²) in [6, 6.07) is 7.79. The lowest BCUT2D eigenvalue weighted by Gasteiger charge is -2.33. The molecule has 2 aliphatic rings. The van der Waals surface area contributed by atoms with E-state index in [1.807, 2.05) is 28.9 Å². The second-order valence-corrected chi connectivity index (χ2v) is 11.2. The predicted octanol–water partition coefficient (Wildman–Crippen LogP) is 2.87. The molecular weight excluding hydrogens is 496 g/mol.